The standard InChI is InChI=1S/C20H22N2O3/c1-25-18-9-7-16(8-10-18)13-22-14-17(11-19(22)23)20(24)21-12-15-5-3-2-4-6-15/h2-10,17H,11-14H2,1H3,(H,21,24)/t17-/m0/s1. The van der Waals surface area contributed by atoms with Gasteiger partial charge in [0.15, 0.2) is 0 Å². The Morgan fingerprint density at radius 1 is 1.12 bits per heavy atom. The minimum atomic E-state index is -0.283. The van der Waals surface area contributed by atoms with Gasteiger partial charge in [0.05, 0.1) is 13.0 Å². The van der Waals surface area contributed by atoms with Gasteiger partial charge in [0, 0.05) is 26.1 Å². The smallest absolute Gasteiger partial charge is 0.225 e. The monoisotopic (exact) mass is 338 g/mol. The molecule has 25 heavy (non-hydrogen) atoms. The number of carbonyl (C=O) groups is 2. The molecule has 1 heterocycles. The summed E-state index contributed by atoms with van der Waals surface area (Å²) in [4.78, 5) is 26.3. The van der Waals surface area contributed by atoms with Crippen molar-refractivity contribution in [2.24, 2.45) is 5.92 Å². The summed E-state index contributed by atoms with van der Waals surface area (Å²) in [6.45, 7) is 1.47. The van der Waals surface area contributed by atoms with Gasteiger partial charge in [-0.3, -0.25) is 9.59 Å². The lowest BCUT2D eigenvalue weighted by Crippen LogP contribution is -2.32. The number of hydrogen-bond acceptors (Lipinski definition) is 3. The molecule has 0 aliphatic carbocycles. The molecule has 1 fully saturated rings. The minimum absolute atomic E-state index is 0.0238. The summed E-state index contributed by atoms with van der Waals surface area (Å²) in [6.07, 6.45) is 0.275. The van der Waals surface area contributed by atoms with E-state index in [4.69, 9.17) is 4.74 Å². The predicted octanol–water partition coefficient (Wildman–Crippen LogP) is 2.36. The topological polar surface area (TPSA) is 58.6 Å². The van der Waals surface area contributed by atoms with E-state index in [0.717, 1.165) is 16.9 Å². The van der Waals surface area contributed by atoms with Crippen LogP contribution >= 0.6 is 0 Å². The van der Waals surface area contributed by atoms with E-state index in [2.05, 4.69) is 5.32 Å². The van der Waals surface area contributed by atoms with Gasteiger partial charge in [0.25, 0.3) is 0 Å². The first kappa shape index (κ1) is 17.0. The molecule has 1 saturated heterocycles. The Morgan fingerprint density at radius 2 is 1.84 bits per heavy atom. The molecule has 0 spiro atoms. The average molecular weight is 338 g/mol. The number of amides is 2. The first-order valence-electron chi connectivity index (χ1n) is 8.38. The number of hydrogen-bond donors (Lipinski definition) is 1. The van der Waals surface area contributed by atoms with Gasteiger partial charge in [-0.05, 0) is 23.3 Å². The lowest BCUT2D eigenvalue weighted by molar-refractivity contribution is -0.129. The molecule has 5 heteroatoms. The first-order chi connectivity index (χ1) is 12.2. The Kier molecular flexibility index (Phi) is 5.33. The molecule has 0 unspecified atom stereocenters. The van der Waals surface area contributed by atoms with Crippen LogP contribution in [-0.2, 0) is 22.7 Å². The van der Waals surface area contributed by atoms with Crippen LogP contribution < -0.4 is 10.1 Å². The van der Waals surface area contributed by atoms with Crippen molar-refractivity contribution >= 4 is 11.8 Å². The highest BCUT2D eigenvalue weighted by Gasteiger charge is 2.34. The Balaban J connectivity index is 1.53. The summed E-state index contributed by atoms with van der Waals surface area (Å²) in [5.74, 6) is 0.467. The van der Waals surface area contributed by atoms with Crippen LogP contribution in [0.2, 0.25) is 0 Å². The van der Waals surface area contributed by atoms with Crippen molar-refractivity contribution < 1.29 is 14.3 Å². The molecule has 1 atom stereocenters. The number of ether oxygens (including phenoxy) is 1. The predicted molar refractivity (Wildman–Crippen MR) is 94.8 cm³/mol. The largest absolute Gasteiger partial charge is 0.497 e. The second kappa shape index (κ2) is 7.83. The van der Waals surface area contributed by atoms with Crippen LogP contribution in [0.4, 0.5) is 0 Å². The fourth-order valence-corrected chi connectivity index (χ4v) is 2.98. The van der Waals surface area contributed by atoms with E-state index in [1.165, 1.54) is 0 Å². The van der Waals surface area contributed by atoms with Crippen molar-refractivity contribution in [3.8, 4) is 5.75 Å². The zero-order valence-electron chi connectivity index (χ0n) is 14.3. The number of methoxy groups -OCH3 is 1. The summed E-state index contributed by atoms with van der Waals surface area (Å²) >= 11 is 0. The quantitative estimate of drug-likeness (QED) is 0.880. The first-order valence-corrected chi connectivity index (χ1v) is 8.38. The van der Waals surface area contributed by atoms with Gasteiger partial charge in [-0.1, -0.05) is 42.5 Å². The van der Waals surface area contributed by atoms with E-state index in [9.17, 15) is 9.59 Å². The van der Waals surface area contributed by atoms with Crippen LogP contribution in [0.15, 0.2) is 54.6 Å². The maximum atomic E-state index is 12.3. The number of rotatable bonds is 6. The average Bonchev–Trinajstić information content (AvgIpc) is 3.02. The molecule has 0 aromatic heterocycles. The summed E-state index contributed by atoms with van der Waals surface area (Å²) in [6, 6.07) is 17.4. The maximum absolute atomic E-state index is 12.3. The van der Waals surface area contributed by atoms with E-state index in [0.29, 0.717) is 19.6 Å². The van der Waals surface area contributed by atoms with Crippen LogP contribution in [-0.4, -0.2) is 30.4 Å². The summed E-state index contributed by atoms with van der Waals surface area (Å²) in [5, 5.41) is 2.93. The fourth-order valence-electron chi connectivity index (χ4n) is 2.98. The van der Waals surface area contributed by atoms with Crippen LogP contribution in [0, 0.1) is 5.92 Å². The zero-order chi connectivity index (χ0) is 17.6. The Hall–Kier alpha value is -2.82. The van der Waals surface area contributed by atoms with Gasteiger partial charge in [0.2, 0.25) is 11.8 Å². The molecular weight excluding hydrogens is 316 g/mol. The normalized spacial score (nSPS) is 16.8. The summed E-state index contributed by atoms with van der Waals surface area (Å²) in [7, 11) is 1.62. The number of nitrogens with one attached hydrogen (secondary N) is 1. The third-order valence-corrected chi connectivity index (χ3v) is 4.43. The molecule has 2 amide bonds. The third-order valence-electron chi connectivity index (χ3n) is 4.43. The highest BCUT2D eigenvalue weighted by molar-refractivity contribution is 5.89. The minimum Gasteiger partial charge on any atom is -0.497 e. The van der Waals surface area contributed by atoms with Crippen LogP contribution in [0.3, 0.4) is 0 Å². The molecule has 0 bridgehead atoms. The zero-order valence-corrected chi connectivity index (χ0v) is 14.3. The van der Waals surface area contributed by atoms with Gasteiger partial charge in [-0.2, -0.15) is 0 Å². The van der Waals surface area contributed by atoms with Gasteiger partial charge in [-0.25, -0.2) is 0 Å². The molecule has 1 aliphatic rings. The van der Waals surface area contributed by atoms with Crippen molar-refractivity contribution in [1.29, 1.82) is 0 Å². The Bertz CT molecular complexity index is 728. The van der Waals surface area contributed by atoms with Crippen molar-refractivity contribution in [1.82, 2.24) is 10.2 Å². The van der Waals surface area contributed by atoms with E-state index in [1.807, 2.05) is 54.6 Å². The van der Waals surface area contributed by atoms with E-state index >= 15 is 0 Å². The molecule has 2 aromatic carbocycles. The van der Waals surface area contributed by atoms with Crippen molar-refractivity contribution in [3.63, 3.8) is 0 Å². The second-order valence-corrected chi connectivity index (χ2v) is 6.23. The van der Waals surface area contributed by atoms with Gasteiger partial charge >= 0.3 is 0 Å². The van der Waals surface area contributed by atoms with Crippen molar-refractivity contribution in [2.45, 2.75) is 19.5 Å². The highest BCUT2D eigenvalue weighted by atomic mass is 16.5. The Morgan fingerprint density at radius 3 is 2.52 bits per heavy atom. The lowest BCUT2D eigenvalue weighted by atomic mass is 10.1. The second-order valence-electron chi connectivity index (χ2n) is 6.23. The maximum Gasteiger partial charge on any atom is 0.225 e. The molecule has 130 valence electrons. The number of nitrogens with zero attached hydrogens (tertiary/aromatic N) is 1. The van der Waals surface area contributed by atoms with Crippen LogP contribution in [0.1, 0.15) is 17.5 Å². The van der Waals surface area contributed by atoms with E-state index < -0.39 is 0 Å². The molecule has 0 radical (unpaired) electrons. The number of likely N-dealkylation sites (tertiary alicyclic amines) is 1. The van der Waals surface area contributed by atoms with Crippen LogP contribution in [0.5, 0.6) is 5.75 Å². The molecular formula is C20H22N2O3. The molecule has 1 aliphatic heterocycles. The molecule has 0 saturated carbocycles. The highest BCUT2D eigenvalue weighted by Crippen LogP contribution is 2.21. The molecule has 2 aromatic rings. The Labute approximate surface area is 147 Å². The van der Waals surface area contributed by atoms with Gasteiger partial charge in [0.1, 0.15) is 5.75 Å². The third kappa shape index (κ3) is 4.38. The molecule has 1 N–H and O–H groups in total. The van der Waals surface area contributed by atoms with Crippen molar-refractivity contribution in [2.75, 3.05) is 13.7 Å². The molecule has 3 rings (SSSR count). The molecule has 5 nitrogen and oxygen atoms in total. The fraction of sp³-hybridized carbons (Fsp3) is 0.300. The van der Waals surface area contributed by atoms with Crippen molar-refractivity contribution in [3.05, 3.63) is 65.7 Å². The van der Waals surface area contributed by atoms with Gasteiger partial charge < -0.3 is 15.0 Å². The van der Waals surface area contributed by atoms with E-state index in [-0.39, 0.29) is 24.2 Å². The SMILES string of the molecule is COc1ccc(CN2C[C@@H](C(=O)NCc3ccccc3)CC2=O)cc1. The van der Waals surface area contributed by atoms with Crippen LogP contribution in [0.25, 0.3) is 0 Å². The number of carbonyl (C=O) groups excluding carboxylic acids is 2. The lowest BCUT2D eigenvalue weighted by Gasteiger charge is -2.17. The summed E-state index contributed by atoms with van der Waals surface area (Å²) in [5.41, 5.74) is 2.08. The summed E-state index contributed by atoms with van der Waals surface area (Å²) < 4.78 is 5.14. The van der Waals surface area contributed by atoms with E-state index in [1.54, 1.807) is 12.0 Å². The number of benzene rings is 2. The van der Waals surface area contributed by atoms with Gasteiger partial charge in [-0.15, -0.1) is 0 Å².